The van der Waals surface area contributed by atoms with Crippen LogP contribution in [0.15, 0.2) is 0 Å². The van der Waals surface area contributed by atoms with Gasteiger partial charge in [-0.1, -0.05) is 33.6 Å². The fourth-order valence-electron chi connectivity index (χ4n) is 6.96. The molecule has 0 heterocycles. The van der Waals surface area contributed by atoms with Crippen LogP contribution in [0.1, 0.15) is 72.1 Å². The molecule has 110 valence electrons. The van der Waals surface area contributed by atoms with Crippen molar-refractivity contribution in [1.29, 1.82) is 0 Å². The maximum absolute atomic E-state index is 3.78. The molecule has 1 heteroatoms. The van der Waals surface area contributed by atoms with E-state index in [9.17, 15) is 0 Å². The van der Waals surface area contributed by atoms with E-state index in [0.717, 1.165) is 23.8 Å². The molecule has 0 amide bonds. The van der Waals surface area contributed by atoms with Crippen molar-refractivity contribution in [2.24, 2.45) is 28.6 Å². The molecule has 0 aromatic carbocycles. The van der Waals surface area contributed by atoms with E-state index in [4.69, 9.17) is 0 Å². The van der Waals surface area contributed by atoms with E-state index in [0.29, 0.717) is 10.8 Å². The molecule has 0 aromatic rings. The average molecular weight is 263 g/mol. The first-order valence-electron chi connectivity index (χ1n) is 8.71. The molecular formula is C18H33N. The highest BCUT2D eigenvalue weighted by Gasteiger charge is 2.58. The maximum atomic E-state index is 3.78. The highest BCUT2D eigenvalue weighted by molar-refractivity contribution is 5.10. The lowest BCUT2D eigenvalue weighted by atomic mass is 9.42. The van der Waals surface area contributed by atoms with Crippen molar-refractivity contribution in [1.82, 2.24) is 5.32 Å². The van der Waals surface area contributed by atoms with Crippen LogP contribution in [0, 0.1) is 28.6 Å². The number of nitrogens with one attached hydrogen (secondary N) is 1. The van der Waals surface area contributed by atoms with E-state index < -0.39 is 0 Å². The third-order valence-corrected chi connectivity index (χ3v) is 6.89. The second-order valence-corrected chi connectivity index (χ2v) is 8.48. The Balaban J connectivity index is 1.89. The monoisotopic (exact) mass is 263 g/mol. The molecular weight excluding hydrogens is 230 g/mol. The van der Waals surface area contributed by atoms with Gasteiger partial charge in [0.15, 0.2) is 0 Å². The molecule has 4 rings (SSSR count). The van der Waals surface area contributed by atoms with Gasteiger partial charge in [0.05, 0.1) is 0 Å². The summed E-state index contributed by atoms with van der Waals surface area (Å²) in [5.41, 5.74) is 1.33. The van der Waals surface area contributed by atoms with Crippen LogP contribution in [0.3, 0.4) is 0 Å². The van der Waals surface area contributed by atoms with Gasteiger partial charge in [0.1, 0.15) is 0 Å². The first-order chi connectivity index (χ1) is 9.04. The lowest BCUT2D eigenvalue weighted by Gasteiger charge is -2.64. The van der Waals surface area contributed by atoms with Crippen molar-refractivity contribution >= 4 is 0 Å². The van der Waals surface area contributed by atoms with Crippen molar-refractivity contribution in [2.75, 3.05) is 7.05 Å². The van der Waals surface area contributed by atoms with Gasteiger partial charge in [-0.3, -0.25) is 0 Å². The van der Waals surface area contributed by atoms with E-state index >= 15 is 0 Å². The van der Waals surface area contributed by atoms with Crippen LogP contribution in [-0.2, 0) is 0 Å². The quantitative estimate of drug-likeness (QED) is 0.763. The average Bonchev–Trinajstić information content (AvgIpc) is 2.32. The molecule has 4 saturated carbocycles. The van der Waals surface area contributed by atoms with E-state index in [2.05, 4.69) is 33.1 Å². The molecule has 4 aliphatic carbocycles. The minimum absolute atomic E-state index is 0.643. The van der Waals surface area contributed by atoms with E-state index in [-0.39, 0.29) is 0 Å². The highest BCUT2D eigenvalue weighted by atomic mass is 14.9. The van der Waals surface area contributed by atoms with Crippen molar-refractivity contribution in [3.8, 4) is 0 Å². The summed E-state index contributed by atoms with van der Waals surface area (Å²) in [5, 5.41) is 3.78. The molecule has 0 aliphatic heterocycles. The highest BCUT2D eigenvalue weighted by Crippen LogP contribution is 2.66. The van der Waals surface area contributed by atoms with Gasteiger partial charge < -0.3 is 5.32 Å². The topological polar surface area (TPSA) is 12.0 Å². The Morgan fingerprint density at radius 1 is 1.05 bits per heavy atom. The summed E-state index contributed by atoms with van der Waals surface area (Å²) in [6.45, 7) is 7.38. The molecule has 1 nitrogen and oxygen atoms in total. The minimum Gasteiger partial charge on any atom is -0.316 e. The summed E-state index contributed by atoms with van der Waals surface area (Å²) in [4.78, 5) is 0. The van der Waals surface area contributed by atoms with Gasteiger partial charge in [-0.25, -0.2) is 0 Å². The first-order valence-corrected chi connectivity index (χ1v) is 8.71. The molecule has 0 aromatic heterocycles. The van der Waals surface area contributed by atoms with Gasteiger partial charge in [-0.15, -0.1) is 0 Å². The molecule has 3 atom stereocenters. The molecule has 19 heavy (non-hydrogen) atoms. The summed E-state index contributed by atoms with van der Waals surface area (Å²) >= 11 is 0. The van der Waals surface area contributed by atoms with Gasteiger partial charge in [0.2, 0.25) is 0 Å². The molecule has 0 spiro atoms. The Morgan fingerprint density at radius 2 is 1.63 bits per heavy atom. The maximum Gasteiger partial charge on any atom is 0.0149 e. The number of hydrogen-bond acceptors (Lipinski definition) is 1. The Labute approximate surface area is 119 Å². The fourth-order valence-corrected chi connectivity index (χ4v) is 6.96. The van der Waals surface area contributed by atoms with Crippen molar-refractivity contribution in [3.05, 3.63) is 0 Å². The molecule has 1 N–H and O–H groups in total. The van der Waals surface area contributed by atoms with E-state index in [1.165, 1.54) is 44.9 Å². The van der Waals surface area contributed by atoms with Crippen molar-refractivity contribution < 1.29 is 0 Å². The molecule has 3 unspecified atom stereocenters. The van der Waals surface area contributed by atoms with Gasteiger partial charge in [0, 0.05) is 6.04 Å². The fraction of sp³-hybridized carbons (Fsp3) is 1.00. The van der Waals surface area contributed by atoms with Crippen LogP contribution in [-0.4, -0.2) is 13.1 Å². The first kappa shape index (κ1) is 13.9. The largest absolute Gasteiger partial charge is 0.316 e. The van der Waals surface area contributed by atoms with E-state index in [1.807, 2.05) is 0 Å². The standard InChI is InChI=1S/C18H33N/c1-5-15(6-2)16(19-4)18-10-13-7-14(11-18)9-17(3,8-13)12-18/h13-16,19H,5-12H2,1-4H3. The van der Waals surface area contributed by atoms with Crippen LogP contribution in [0.5, 0.6) is 0 Å². The van der Waals surface area contributed by atoms with E-state index in [1.54, 1.807) is 6.42 Å². The summed E-state index contributed by atoms with van der Waals surface area (Å²) in [6.07, 6.45) is 11.9. The zero-order valence-electron chi connectivity index (χ0n) is 13.5. The van der Waals surface area contributed by atoms with Gasteiger partial charge in [0.25, 0.3) is 0 Å². The molecule has 4 bridgehead atoms. The number of hydrogen-bond donors (Lipinski definition) is 1. The summed E-state index contributed by atoms with van der Waals surface area (Å²) < 4.78 is 0. The lowest BCUT2D eigenvalue weighted by molar-refractivity contribution is -0.125. The van der Waals surface area contributed by atoms with Crippen LogP contribution in [0.4, 0.5) is 0 Å². The molecule has 4 aliphatic rings. The van der Waals surface area contributed by atoms with Crippen LogP contribution in [0.25, 0.3) is 0 Å². The van der Waals surface area contributed by atoms with Crippen molar-refractivity contribution in [3.63, 3.8) is 0 Å². The van der Waals surface area contributed by atoms with Gasteiger partial charge in [-0.05, 0) is 74.2 Å². The molecule has 4 fully saturated rings. The Bertz CT molecular complexity index is 317. The molecule has 0 saturated heterocycles. The zero-order chi connectivity index (χ0) is 13.7. The van der Waals surface area contributed by atoms with Crippen LogP contribution in [0.2, 0.25) is 0 Å². The summed E-state index contributed by atoms with van der Waals surface area (Å²) in [7, 11) is 2.23. The third-order valence-electron chi connectivity index (χ3n) is 6.89. The Morgan fingerprint density at radius 3 is 2.05 bits per heavy atom. The smallest absolute Gasteiger partial charge is 0.0149 e. The Kier molecular flexibility index (Phi) is 3.48. The predicted molar refractivity (Wildman–Crippen MR) is 82.1 cm³/mol. The van der Waals surface area contributed by atoms with Crippen molar-refractivity contribution in [2.45, 2.75) is 78.2 Å². The summed E-state index contributed by atoms with van der Waals surface area (Å²) in [6, 6.07) is 0.771. The SMILES string of the molecule is CCC(CC)C(NC)C12CC3CC(CC(C)(C3)C1)C2. The number of rotatable bonds is 5. The van der Waals surface area contributed by atoms with Gasteiger partial charge >= 0.3 is 0 Å². The second kappa shape index (κ2) is 4.76. The zero-order valence-corrected chi connectivity index (χ0v) is 13.5. The lowest BCUT2D eigenvalue weighted by Crippen LogP contribution is -2.60. The second-order valence-electron chi connectivity index (χ2n) is 8.48. The summed E-state index contributed by atoms with van der Waals surface area (Å²) in [5.74, 6) is 2.98. The van der Waals surface area contributed by atoms with Crippen LogP contribution >= 0.6 is 0 Å². The van der Waals surface area contributed by atoms with Crippen LogP contribution < -0.4 is 5.32 Å². The third kappa shape index (κ3) is 2.17. The predicted octanol–water partition coefficient (Wildman–Crippen LogP) is 4.62. The Hall–Kier alpha value is -0.0400. The minimum atomic E-state index is 0.643. The van der Waals surface area contributed by atoms with Gasteiger partial charge in [-0.2, -0.15) is 0 Å². The normalized spacial score (nSPS) is 45.9. The molecule has 0 radical (unpaired) electrons.